The molecule has 2 heterocycles. The number of ether oxygens (including phenoxy) is 1. The summed E-state index contributed by atoms with van der Waals surface area (Å²) in [4.78, 5) is 41.8. The van der Waals surface area contributed by atoms with Crippen LogP contribution in [0.1, 0.15) is 25.8 Å². The third-order valence-corrected chi connectivity index (χ3v) is 5.03. The zero-order valence-electron chi connectivity index (χ0n) is 15.9. The molecule has 1 fully saturated rings. The Bertz CT molecular complexity index is 1040. The molecule has 0 spiro atoms. The number of hydrogen-bond acceptors (Lipinski definition) is 4. The number of fused-ring (bicyclic) bond motifs is 1. The summed E-state index contributed by atoms with van der Waals surface area (Å²) in [6.45, 7) is 3.85. The van der Waals surface area contributed by atoms with Gasteiger partial charge < -0.3 is 9.64 Å². The number of carbonyl (C=O) groups excluding carboxylic acids is 3. The van der Waals surface area contributed by atoms with Crippen LogP contribution in [0.2, 0.25) is 0 Å². The van der Waals surface area contributed by atoms with Gasteiger partial charge in [0.05, 0.1) is 30.5 Å². The molecule has 0 saturated carbocycles. The van der Waals surface area contributed by atoms with Gasteiger partial charge in [-0.2, -0.15) is 0 Å². The molecule has 0 atom stereocenters. The molecule has 0 unspecified atom stereocenters. The van der Waals surface area contributed by atoms with Gasteiger partial charge in [-0.05, 0) is 32.0 Å². The molecule has 2 aromatic rings. The van der Waals surface area contributed by atoms with Gasteiger partial charge in [-0.3, -0.25) is 14.4 Å². The monoisotopic (exact) mass is 376 g/mol. The largest absolute Gasteiger partial charge is 0.497 e. The normalized spacial score (nSPS) is 19.1. The van der Waals surface area contributed by atoms with E-state index in [0.717, 1.165) is 10.6 Å². The van der Waals surface area contributed by atoms with E-state index in [9.17, 15) is 14.4 Å². The fourth-order valence-corrected chi connectivity index (χ4v) is 3.80. The molecule has 0 radical (unpaired) electrons. The first-order chi connectivity index (χ1) is 13.4. The number of hydrogen-bond donors (Lipinski definition) is 0. The number of amides is 3. The Morgan fingerprint density at radius 3 is 2.43 bits per heavy atom. The quantitative estimate of drug-likeness (QED) is 0.610. The molecule has 6 nitrogen and oxygen atoms in total. The summed E-state index contributed by atoms with van der Waals surface area (Å²) in [5.74, 6) is -0.497. The molecule has 1 saturated heterocycles. The Labute approximate surface area is 163 Å². The van der Waals surface area contributed by atoms with Gasteiger partial charge in [0.2, 0.25) is 5.91 Å². The summed E-state index contributed by atoms with van der Waals surface area (Å²) in [5, 5.41) is 0. The summed E-state index contributed by atoms with van der Waals surface area (Å²) < 4.78 is 5.19. The summed E-state index contributed by atoms with van der Waals surface area (Å²) in [7, 11) is 1.52. The molecule has 0 aromatic heterocycles. The smallest absolute Gasteiger partial charge is 0.262 e. The number of benzene rings is 2. The average molecular weight is 376 g/mol. The second-order valence-corrected chi connectivity index (χ2v) is 7.05. The maximum Gasteiger partial charge on any atom is 0.262 e. The second-order valence-electron chi connectivity index (χ2n) is 7.05. The predicted octanol–water partition coefficient (Wildman–Crippen LogP) is 3.17. The number of nitrogens with zero attached hydrogens (tertiary/aromatic N) is 2. The number of imide groups is 1. The molecule has 4 rings (SSSR count). The number of methoxy groups -OCH3 is 1. The van der Waals surface area contributed by atoms with Gasteiger partial charge in [-0.1, -0.05) is 24.3 Å². The van der Waals surface area contributed by atoms with Crippen LogP contribution in [0.3, 0.4) is 0 Å². The van der Waals surface area contributed by atoms with E-state index in [2.05, 4.69) is 0 Å². The molecule has 2 aliphatic heterocycles. The highest BCUT2D eigenvalue weighted by Gasteiger charge is 2.43. The van der Waals surface area contributed by atoms with Crippen LogP contribution in [-0.4, -0.2) is 30.9 Å². The second kappa shape index (κ2) is 6.64. The molecular formula is C22H20N2O4. The summed E-state index contributed by atoms with van der Waals surface area (Å²) >= 11 is 0. The van der Waals surface area contributed by atoms with E-state index in [1.807, 2.05) is 38.1 Å². The molecule has 6 heteroatoms. The zero-order valence-corrected chi connectivity index (χ0v) is 15.9. The van der Waals surface area contributed by atoms with Crippen LogP contribution >= 0.6 is 0 Å². The Kier molecular flexibility index (Phi) is 4.26. The highest BCUT2D eigenvalue weighted by atomic mass is 16.5. The molecule has 28 heavy (non-hydrogen) atoms. The highest BCUT2D eigenvalue weighted by Crippen LogP contribution is 2.42. The molecule has 0 N–H and O–H groups in total. The van der Waals surface area contributed by atoms with Gasteiger partial charge in [0, 0.05) is 23.2 Å². The van der Waals surface area contributed by atoms with E-state index in [4.69, 9.17) is 4.74 Å². The maximum absolute atomic E-state index is 13.2. The third kappa shape index (κ3) is 2.60. The minimum absolute atomic E-state index is 0.0616. The van der Waals surface area contributed by atoms with Gasteiger partial charge in [0.1, 0.15) is 5.75 Å². The van der Waals surface area contributed by atoms with Gasteiger partial charge in [0.15, 0.2) is 0 Å². The first kappa shape index (κ1) is 18.0. The molecule has 2 aromatic carbocycles. The van der Waals surface area contributed by atoms with Crippen molar-refractivity contribution in [2.24, 2.45) is 0 Å². The van der Waals surface area contributed by atoms with Crippen molar-refractivity contribution in [3.05, 3.63) is 59.7 Å². The number of carbonyl (C=O) groups is 3. The van der Waals surface area contributed by atoms with E-state index in [1.54, 1.807) is 29.2 Å². The lowest BCUT2D eigenvalue weighted by Crippen LogP contribution is -2.34. The van der Waals surface area contributed by atoms with Crippen molar-refractivity contribution in [3.8, 4) is 5.75 Å². The van der Waals surface area contributed by atoms with Crippen LogP contribution in [0.25, 0.3) is 5.57 Å². The molecule has 142 valence electrons. The Hall–Kier alpha value is -3.41. The van der Waals surface area contributed by atoms with E-state index < -0.39 is 5.91 Å². The zero-order chi connectivity index (χ0) is 20.0. The fraction of sp³-hybridized carbons (Fsp3) is 0.227. The Balaban J connectivity index is 1.83. The number of para-hydroxylation sites is 1. The summed E-state index contributed by atoms with van der Waals surface area (Å²) in [5.41, 5.74) is 2.47. The van der Waals surface area contributed by atoms with Crippen LogP contribution in [-0.2, 0) is 14.4 Å². The van der Waals surface area contributed by atoms with Gasteiger partial charge in [-0.25, -0.2) is 4.90 Å². The topological polar surface area (TPSA) is 66.9 Å². The van der Waals surface area contributed by atoms with Crippen LogP contribution < -0.4 is 14.5 Å². The fourth-order valence-electron chi connectivity index (χ4n) is 3.80. The predicted molar refractivity (Wildman–Crippen MR) is 106 cm³/mol. The van der Waals surface area contributed by atoms with Crippen molar-refractivity contribution in [1.29, 1.82) is 0 Å². The summed E-state index contributed by atoms with van der Waals surface area (Å²) in [6, 6.07) is 14.1. The van der Waals surface area contributed by atoms with Crippen molar-refractivity contribution >= 4 is 34.7 Å². The molecular weight excluding hydrogens is 356 g/mol. The van der Waals surface area contributed by atoms with Gasteiger partial charge in [-0.15, -0.1) is 0 Å². The third-order valence-electron chi connectivity index (χ3n) is 5.03. The van der Waals surface area contributed by atoms with Crippen molar-refractivity contribution in [2.45, 2.75) is 26.3 Å². The average Bonchev–Trinajstić information content (AvgIpc) is 3.13. The van der Waals surface area contributed by atoms with Gasteiger partial charge >= 0.3 is 0 Å². The lowest BCUT2D eigenvalue weighted by Gasteiger charge is -2.21. The lowest BCUT2D eigenvalue weighted by atomic mass is 10.00. The first-order valence-electron chi connectivity index (χ1n) is 9.11. The maximum atomic E-state index is 13.2. The van der Waals surface area contributed by atoms with E-state index in [0.29, 0.717) is 22.6 Å². The van der Waals surface area contributed by atoms with E-state index in [1.165, 1.54) is 7.11 Å². The SMILES string of the molecule is COc1cccc(N2C(=O)C/C(=C3/C(=O)N(C(C)C)c4ccccc43)C2=O)c1. The van der Waals surface area contributed by atoms with Gasteiger partial charge in [0.25, 0.3) is 11.8 Å². The minimum Gasteiger partial charge on any atom is -0.497 e. The van der Waals surface area contributed by atoms with Crippen LogP contribution in [0.5, 0.6) is 5.75 Å². The minimum atomic E-state index is -0.456. The molecule has 3 amide bonds. The molecule has 2 aliphatic rings. The standard InChI is InChI=1S/C22H20N2O4/c1-13(2)23-18-10-5-4-9-16(18)20(22(23)27)17-12-19(25)24(21(17)26)14-7-6-8-15(11-14)28-3/h4-11,13H,12H2,1-3H3/b20-17-. The summed E-state index contributed by atoms with van der Waals surface area (Å²) in [6.07, 6.45) is -0.0998. The van der Waals surface area contributed by atoms with Crippen LogP contribution in [0.4, 0.5) is 11.4 Å². The Morgan fingerprint density at radius 2 is 1.71 bits per heavy atom. The number of rotatable bonds is 3. The van der Waals surface area contributed by atoms with Crippen molar-refractivity contribution in [3.63, 3.8) is 0 Å². The van der Waals surface area contributed by atoms with Crippen molar-refractivity contribution in [2.75, 3.05) is 16.9 Å². The van der Waals surface area contributed by atoms with Crippen LogP contribution in [0, 0.1) is 0 Å². The number of anilines is 2. The molecule has 0 bridgehead atoms. The first-order valence-corrected chi connectivity index (χ1v) is 9.11. The van der Waals surface area contributed by atoms with E-state index in [-0.39, 0.29) is 29.9 Å². The van der Waals surface area contributed by atoms with Crippen LogP contribution in [0.15, 0.2) is 54.1 Å². The lowest BCUT2D eigenvalue weighted by molar-refractivity contribution is -0.121. The molecule has 0 aliphatic carbocycles. The van der Waals surface area contributed by atoms with Crippen molar-refractivity contribution < 1.29 is 19.1 Å². The highest BCUT2D eigenvalue weighted by molar-refractivity contribution is 6.41. The van der Waals surface area contributed by atoms with E-state index >= 15 is 0 Å². The Morgan fingerprint density at radius 1 is 0.964 bits per heavy atom. The van der Waals surface area contributed by atoms with Crippen molar-refractivity contribution in [1.82, 2.24) is 0 Å².